The smallest absolute Gasteiger partial charge is 0.00921 e. The van der Waals surface area contributed by atoms with Crippen LogP contribution in [0.4, 0.5) is 0 Å². The van der Waals surface area contributed by atoms with Gasteiger partial charge in [-0.1, -0.05) is 13.3 Å². The highest BCUT2D eigenvalue weighted by molar-refractivity contribution is 4.84. The first-order valence-electron chi connectivity index (χ1n) is 6.09. The van der Waals surface area contributed by atoms with E-state index < -0.39 is 0 Å². The minimum atomic E-state index is 0.726. The average Bonchev–Trinajstić information content (AvgIpc) is 3.01. The lowest BCUT2D eigenvalue weighted by Crippen LogP contribution is -2.33. The fourth-order valence-corrected chi connectivity index (χ4v) is 2.02. The lowest BCUT2D eigenvalue weighted by Gasteiger charge is -2.26. The first kappa shape index (κ1) is 12.0. The minimum Gasteiger partial charge on any atom is -0.330 e. The first-order valence-corrected chi connectivity index (χ1v) is 6.09. The molecule has 0 aromatic heterocycles. The fourth-order valence-electron chi connectivity index (χ4n) is 2.02. The molecular formula is C12H26N2. The predicted molar refractivity (Wildman–Crippen MR) is 62.3 cm³/mol. The van der Waals surface area contributed by atoms with Crippen LogP contribution >= 0.6 is 0 Å². The molecule has 1 fully saturated rings. The van der Waals surface area contributed by atoms with Crippen LogP contribution in [0.25, 0.3) is 0 Å². The molecule has 1 rings (SSSR count). The van der Waals surface area contributed by atoms with Gasteiger partial charge in [0.15, 0.2) is 0 Å². The molecule has 14 heavy (non-hydrogen) atoms. The van der Waals surface area contributed by atoms with Crippen molar-refractivity contribution < 1.29 is 0 Å². The quantitative estimate of drug-likeness (QED) is 0.679. The molecule has 1 aliphatic carbocycles. The zero-order valence-corrected chi connectivity index (χ0v) is 10.00. The summed E-state index contributed by atoms with van der Waals surface area (Å²) in [5.74, 6) is 1.71. The van der Waals surface area contributed by atoms with Crippen LogP contribution in [0.2, 0.25) is 0 Å². The van der Waals surface area contributed by atoms with E-state index in [1.165, 1.54) is 32.2 Å². The molecule has 0 spiro atoms. The van der Waals surface area contributed by atoms with E-state index >= 15 is 0 Å². The molecular weight excluding hydrogens is 172 g/mol. The summed E-state index contributed by atoms with van der Waals surface area (Å²) in [6.45, 7) is 6.67. The van der Waals surface area contributed by atoms with Crippen LogP contribution in [0.5, 0.6) is 0 Å². The van der Waals surface area contributed by atoms with Gasteiger partial charge >= 0.3 is 0 Å². The van der Waals surface area contributed by atoms with Crippen molar-refractivity contribution in [3.63, 3.8) is 0 Å². The second kappa shape index (κ2) is 5.72. The van der Waals surface area contributed by atoms with Gasteiger partial charge in [-0.2, -0.15) is 0 Å². The highest BCUT2D eigenvalue weighted by Gasteiger charge is 2.30. The van der Waals surface area contributed by atoms with Gasteiger partial charge in [0.25, 0.3) is 0 Å². The number of rotatable bonds is 7. The van der Waals surface area contributed by atoms with Crippen LogP contribution in [-0.4, -0.2) is 31.1 Å². The van der Waals surface area contributed by atoms with Crippen molar-refractivity contribution in [2.45, 2.75) is 45.6 Å². The maximum absolute atomic E-state index is 5.70. The van der Waals surface area contributed by atoms with E-state index in [2.05, 4.69) is 25.8 Å². The lowest BCUT2D eigenvalue weighted by atomic mass is 10.0. The second-order valence-corrected chi connectivity index (χ2v) is 4.86. The topological polar surface area (TPSA) is 29.3 Å². The molecule has 2 nitrogen and oxygen atoms in total. The largest absolute Gasteiger partial charge is 0.330 e. The molecule has 0 bridgehead atoms. The van der Waals surface area contributed by atoms with Crippen molar-refractivity contribution in [1.29, 1.82) is 0 Å². The van der Waals surface area contributed by atoms with E-state index in [0.29, 0.717) is 0 Å². The third-order valence-corrected chi connectivity index (χ3v) is 3.80. The molecule has 84 valence electrons. The van der Waals surface area contributed by atoms with Crippen molar-refractivity contribution in [3.8, 4) is 0 Å². The molecule has 2 atom stereocenters. The first-order chi connectivity index (χ1) is 6.69. The minimum absolute atomic E-state index is 0.726. The van der Waals surface area contributed by atoms with Crippen molar-refractivity contribution in [3.05, 3.63) is 0 Å². The summed E-state index contributed by atoms with van der Waals surface area (Å²) >= 11 is 0. The molecule has 1 saturated carbocycles. The van der Waals surface area contributed by atoms with Gasteiger partial charge in [0.05, 0.1) is 0 Å². The zero-order chi connectivity index (χ0) is 10.6. The van der Waals surface area contributed by atoms with Crippen molar-refractivity contribution >= 4 is 0 Å². The van der Waals surface area contributed by atoms with Gasteiger partial charge in [0.2, 0.25) is 0 Å². The molecule has 0 heterocycles. The van der Waals surface area contributed by atoms with Crippen LogP contribution in [0, 0.1) is 11.8 Å². The Balaban J connectivity index is 2.15. The van der Waals surface area contributed by atoms with E-state index in [1.54, 1.807) is 0 Å². The maximum atomic E-state index is 5.70. The van der Waals surface area contributed by atoms with E-state index in [9.17, 15) is 0 Å². The van der Waals surface area contributed by atoms with Gasteiger partial charge in [-0.3, -0.25) is 0 Å². The summed E-state index contributed by atoms with van der Waals surface area (Å²) in [5, 5.41) is 0. The molecule has 2 unspecified atom stereocenters. The van der Waals surface area contributed by atoms with Crippen molar-refractivity contribution in [2.75, 3.05) is 20.1 Å². The Kier molecular flexibility index (Phi) is 4.90. The molecule has 2 heteroatoms. The number of hydrogen-bond acceptors (Lipinski definition) is 2. The summed E-state index contributed by atoms with van der Waals surface area (Å²) in [4.78, 5) is 2.51. The maximum Gasteiger partial charge on any atom is 0.00921 e. The van der Waals surface area contributed by atoms with Gasteiger partial charge in [-0.05, 0) is 58.2 Å². The van der Waals surface area contributed by atoms with Crippen LogP contribution < -0.4 is 5.73 Å². The van der Waals surface area contributed by atoms with Gasteiger partial charge in [0, 0.05) is 6.04 Å². The van der Waals surface area contributed by atoms with Gasteiger partial charge in [-0.25, -0.2) is 0 Å². The van der Waals surface area contributed by atoms with Crippen molar-refractivity contribution in [2.24, 2.45) is 17.6 Å². The Hall–Kier alpha value is -0.0800. The number of hydrogen-bond donors (Lipinski definition) is 1. The second-order valence-electron chi connectivity index (χ2n) is 4.86. The van der Waals surface area contributed by atoms with E-state index in [0.717, 1.165) is 24.4 Å². The standard InChI is InChI=1S/C12H26N2/c1-4-11(9-13)7-8-14(3)10(2)12-5-6-12/h10-12H,4-9,13H2,1-3H3. The Morgan fingerprint density at radius 3 is 2.50 bits per heavy atom. The molecule has 0 amide bonds. The van der Waals surface area contributed by atoms with Gasteiger partial charge < -0.3 is 10.6 Å². The van der Waals surface area contributed by atoms with Crippen LogP contribution in [-0.2, 0) is 0 Å². The molecule has 0 radical (unpaired) electrons. The third-order valence-electron chi connectivity index (χ3n) is 3.80. The van der Waals surface area contributed by atoms with Crippen LogP contribution in [0.1, 0.15) is 39.5 Å². The zero-order valence-electron chi connectivity index (χ0n) is 10.00. The molecule has 0 saturated heterocycles. The van der Waals surface area contributed by atoms with E-state index in [-0.39, 0.29) is 0 Å². The highest BCUT2D eigenvalue weighted by Crippen LogP contribution is 2.34. The van der Waals surface area contributed by atoms with E-state index in [4.69, 9.17) is 5.73 Å². The summed E-state index contributed by atoms with van der Waals surface area (Å²) in [5.41, 5.74) is 5.70. The molecule has 2 N–H and O–H groups in total. The van der Waals surface area contributed by atoms with Crippen LogP contribution in [0.15, 0.2) is 0 Å². The monoisotopic (exact) mass is 198 g/mol. The average molecular weight is 198 g/mol. The molecule has 1 aliphatic rings. The van der Waals surface area contributed by atoms with Gasteiger partial charge in [0.1, 0.15) is 0 Å². The highest BCUT2D eigenvalue weighted by atomic mass is 15.1. The summed E-state index contributed by atoms with van der Waals surface area (Å²) < 4.78 is 0. The summed E-state index contributed by atoms with van der Waals surface area (Å²) in [6.07, 6.45) is 5.38. The number of nitrogens with zero attached hydrogens (tertiary/aromatic N) is 1. The van der Waals surface area contributed by atoms with E-state index in [1.807, 2.05) is 0 Å². The predicted octanol–water partition coefficient (Wildman–Crippen LogP) is 2.09. The molecule has 0 aromatic carbocycles. The molecule has 0 aliphatic heterocycles. The van der Waals surface area contributed by atoms with Crippen LogP contribution in [0.3, 0.4) is 0 Å². The normalized spacial score (nSPS) is 21.2. The Morgan fingerprint density at radius 2 is 2.07 bits per heavy atom. The molecule has 0 aromatic rings. The fraction of sp³-hybridized carbons (Fsp3) is 1.00. The Labute approximate surface area is 88.8 Å². The lowest BCUT2D eigenvalue weighted by molar-refractivity contribution is 0.217. The Bertz CT molecular complexity index is 150. The van der Waals surface area contributed by atoms with Gasteiger partial charge in [-0.15, -0.1) is 0 Å². The van der Waals surface area contributed by atoms with Crippen molar-refractivity contribution in [1.82, 2.24) is 4.90 Å². The Morgan fingerprint density at radius 1 is 1.43 bits per heavy atom. The summed E-state index contributed by atoms with van der Waals surface area (Å²) in [7, 11) is 2.26. The number of nitrogens with two attached hydrogens (primary N) is 1. The third kappa shape index (κ3) is 3.58. The SMILES string of the molecule is CCC(CN)CCN(C)C(C)C1CC1. The summed E-state index contributed by atoms with van der Waals surface area (Å²) in [6, 6.07) is 0.783.